The molecule has 0 aliphatic carbocycles. The standard InChI is InChI=1S/C20H19N3O3.C2HF3O2/c1-12-7-14(15-9-21-22-10-15)8-13(2)19(12)23-20(24)18-11-25-16-5-3-4-6-17(16)26-18;3-2(4,5)1(6)7/h3-10,18H,11H2,1-2H3,(H,21,22)(H,23,24);(H,6,7). The molecule has 1 aromatic heterocycles. The first kappa shape index (κ1) is 23.6. The number of carboxylic acid groups (broad SMARTS) is 1. The third-order valence-corrected chi connectivity index (χ3v) is 4.66. The summed E-state index contributed by atoms with van der Waals surface area (Å²) in [5.74, 6) is -1.73. The van der Waals surface area contributed by atoms with Crippen LogP contribution in [0.5, 0.6) is 11.5 Å². The van der Waals surface area contributed by atoms with Crippen LogP contribution in [-0.4, -0.2) is 46.1 Å². The number of carbonyl (C=O) groups excluding carboxylic acids is 1. The summed E-state index contributed by atoms with van der Waals surface area (Å²) in [7, 11) is 0. The molecule has 2 heterocycles. The molecule has 3 aromatic rings. The zero-order valence-corrected chi connectivity index (χ0v) is 17.6. The molecular weight excluding hydrogens is 443 g/mol. The minimum atomic E-state index is -5.08. The van der Waals surface area contributed by atoms with Crippen LogP contribution >= 0.6 is 0 Å². The lowest BCUT2D eigenvalue weighted by atomic mass is 10.0. The van der Waals surface area contributed by atoms with Gasteiger partial charge in [-0.2, -0.15) is 18.3 Å². The van der Waals surface area contributed by atoms with E-state index in [0.29, 0.717) is 11.5 Å². The molecule has 0 fully saturated rings. The van der Waals surface area contributed by atoms with Crippen LogP contribution in [-0.2, 0) is 9.59 Å². The number of fused-ring (bicyclic) bond motifs is 1. The van der Waals surface area contributed by atoms with Gasteiger partial charge in [0.25, 0.3) is 5.91 Å². The van der Waals surface area contributed by atoms with Gasteiger partial charge in [0, 0.05) is 17.4 Å². The van der Waals surface area contributed by atoms with Crippen molar-refractivity contribution in [3.8, 4) is 22.6 Å². The van der Waals surface area contributed by atoms with Crippen LogP contribution < -0.4 is 14.8 Å². The van der Waals surface area contributed by atoms with E-state index in [1.807, 2.05) is 50.4 Å². The summed E-state index contributed by atoms with van der Waals surface area (Å²) in [6.45, 7) is 4.13. The summed E-state index contributed by atoms with van der Waals surface area (Å²) in [4.78, 5) is 21.6. The van der Waals surface area contributed by atoms with Crippen LogP contribution in [0.25, 0.3) is 11.1 Å². The smallest absolute Gasteiger partial charge is 0.485 e. The molecule has 1 amide bonds. The van der Waals surface area contributed by atoms with E-state index in [1.54, 1.807) is 12.3 Å². The maximum Gasteiger partial charge on any atom is 0.490 e. The number of aliphatic carboxylic acids is 1. The molecule has 1 aliphatic heterocycles. The number of para-hydroxylation sites is 2. The predicted molar refractivity (Wildman–Crippen MR) is 112 cm³/mol. The number of nitrogens with zero attached hydrogens (tertiary/aromatic N) is 1. The van der Waals surface area contributed by atoms with Gasteiger partial charge in [-0.15, -0.1) is 0 Å². The van der Waals surface area contributed by atoms with E-state index >= 15 is 0 Å². The lowest BCUT2D eigenvalue weighted by Gasteiger charge is -2.26. The van der Waals surface area contributed by atoms with Crippen LogP contribution in [0.2, 0.25) is 0 Å². The van der Waals surface area contributed by atoms with Crippen LogP contribution in [0.4, 0.5) is 18.9 Å². The number of aryl methyl sites for hydroxylation is 2. The van der Waals surface area contributed by atoms with Crippen molar-refractivity contribution < 1.29 is 37.3 Å². The highest BCUT2D eigenvalue weighted by atomic mass is 19.4. The minimum absolute atomic E-state index is 0.189. The van der Waals surface area contributed by atoms with Gasteiger partial charge in [-0.3, -0.25) is 9.89 Å². The van der Waals surface area contributed by atoms with E-state index in [2.05, 4.69) is 15.5 Å². The molecule has 1 atom stereocenters. The van der Waals surface area contributed by atoms with E-state index in [1.165, 1.54) is 0 Å². The Hall–Kier alpha value is -4.02. The number of ether oxygens (including phenoxy) is 2. The number of alkyl halides is 3. The van der Waals surface area contributed by atoms with Gasteiger partial charge in [-0.1, -0.05) is 12.1 Å². The summed E-state index contributed by atoms with van der Waals surface area (Å²) >= 11 is 0. The molecule has 0 spiro atoms. The highest BCUT2D eigenvalue weighted by Crippen LogP contribution is 2.32. The monoisotopic (exact) mass is 463 g/mol. The fourth-order valence-corrected chi connectivity index (χ4v) is 3.09. The highest BCUT2D eigenvalue weighted by molar-refractivity contribution is 5.96. The van der Waals surface area contributed by atoms with Crippen molar-refractivity contribution in [2.45, 2.75) is 26.1 Å². The lowest BCUT2D eigenvalue weighted by molar-refractivity contribution is -0.192. The van der Waals surface area contributed by atoms with Crippen molar-refractivity contribution in [2.75, 3.05) is 11.9 Å². The number of amides is 1. The molecule has 2 aromatic carbocycles. The predicted octanol–water partition coefficient (Wildman–Crippen LogP) is 4.11. The average Bonchev–Trinajstić information content (AvgIpc) is 3.30. The molecule has 174 valence electrons. The summed E-state index contributed by atoms with van der Waals surface area (Å²) in [6.07, 6.45) is -2.15. The zero-order chi connectivity index (χ0) is 24.2. The molecule has 33 heavy (non-hydrogen) atoms. The third-order valence-electron chi connectivity index (χ3n) is 4.66. The number of aromatic nitrogens is 2. The van der Waals surface area contributed by atoms with Gasteiger partial charge in [0.1, 0.15) is 6.61 Å². The Bertz CT molecular complexity index is 1120. The molecule has 0 saturated carbocycles. The average molecular weight is 463 g/mol. The Morgan fingerprint density at radius 3 is 2.27 bits per heavy atom. The Balaban J connectivity index is 0.000000383. The maximum absolute atomic E-state index is 12.7. The first-order chi connectivity index (χ1) is 15.6. The molecular formula is C22H20F3N3O5. The number of rotatable bonds is 3. The van der Waals surface area contributed by atoms with Gasteiger partial charge < -0.3 is 19.9 Å². The number of hydrogen-bond donors (Lipinski definition) is 3. The van der Waals surface area contributed by atoms with E-state index in [0.717, 1.165) is 27.9 Å². The SMILES string of the molecule is Cc1cc(-c2cn[nH]c2)cc(C)c1NC(=O)C1COc2ccccc2O1.O=C(O)C(F)(F)F. The van der Waals surface area contributed by atoms with Crippen molar-refractivity contribution >= 4 is 17.6 Å². The fraction of sp³-hybridized carbons (Fsp3) is 0.227. The number of benzene rings is 2. The number of hydrogen-bond acceptors (Lipinski definition) is 5. The van der Waals surface area contributed by atoms with Crippen molar-refractivity contribution in [3.63, 3.8) is 0 Å². The molecule has 1 aliphatic rings. The largest absolute Gasteiger partial charge is 0.490 e. The van der Waals surface area contributed by atoms with Gasteiger partial charge in [-0.25, -0.2) is 4.79 Å². The van der Waals surface area contributed by atoms with E-state index in [-0.39, 0.29) is 12.5 Å². The summed E-state index contributed by atoms with van der Waals surface area (Å²) < 4.78 is 43.1. The number of carbonyl (C=O) groups is 2. The number of H-pyrrole nitrogens is 1. The molecule has 8 nitrogen and oxygen atoms in total. The lowest BCUT2D eigenvalue weighted by Crippen LogP contribution is -2.40. The molecule has 0 bridgehead atoms. The summed E-state index contributed by atoms with van der Waals surface area (Å²) in [5, 5.41) is 16.9. The van der Waals surface area contributed by atoms with Crippen molar-refractivity contribution in [1.29, 1.82) is 0 Å². The Morgan fingerprint density at radius 1 is 1.12 bits per heavy atom. The van der Waals surface area contributed by atoms with Gasteiger partial charge in [0.15, 0.2) is 11.5 Å². The molecule has 11 heteroatoms. The second-order valence-electron chi connectivity index (χ2n) is 7.13. The van der Waals surface area contributed by atoms with Gasteiger partial charge >= 0.3 is 12.1 Å². The fourth-order valence-electron chi connectivity index (χ4n) is 3.09. The first-order valence-electron chi connectivity index (χ1n) is 9.66. The molecule has 0 radical (unpaired) electrons. The number of aromatic amines is 1. The van der Waals surface area contributed by atoms with Crippen molar-refractivity contribution in [3.05, 3.63) is 59.9 Å². The highest BCUT2D eigenvalue weighted by Gasteiger charge is 2.38. The van der Waals surface area contributed by atoms with Crippen LogP contribution in [0.15, 0.2) is 48.8 Å². The molecule has 0 saturated heterocycles. The molecule has 3 N–H and O–H groups in total. The Labute approximate surface area is 186 Å². The second kappa shape index (κ2) is 9.63. The number of carboxylic acids is 1. The third kappa shape index (κ3) is 5.82. The minimum Gasteiger partial charge on any atom is -0.485 e. The number of nitrogens with one attached hydrogen (secondary N) is 2. The Kier molecular flexibility index (Phi) is 6.90. The molecule has 4 rings (SSSR count). The van der Waals surface area contributed by atoms with Gasteiger partial charge in [-0.05, 0) is 54.8 Å². The number of anilines is 1. The van der Waals surface area contributed by atoms with E-state index in [9.17, 15) is 18.0 Å². The van der Waals surface area contributed by atoms with Crippen LogP contribution in [0, 0.1) is 13.8 Å². The van der Waals surface area contributed by atoms with Gasteiger partial charge in [0.05, 0.1) is 6.20 Å². The van der Waals surface area contributed by atoms with Crippen molar-refractivity contribution in [2.24, 2.45) is 0 Å². The first-order valence-corrected chi connectivity index (χ1v) is 9.66. The topological polar surface area (TPSA) is 114 Å². The maximum atomic E-state index is 12.7. The molecule has 1 unspecified atom stereocenters. The van der Waals surface area contributed by atoms with Crippen LogP contribution in [0.1, 0.15) is 11.1 Å². The van der Waals surface area contributed by atoms with Crippen LogP contribution in [0.3, 0.4) is 0 Å². The second-order valence-corrected chi connectivity index (χ2v) is 7.13. The normalized spacial score (nSPS) is 14.6. The number of halogens is 3. The van der Waals surface area contributed by atoms with Gasteiger partial charge in [0.2, 0.25) is 6.10 Å². The van der Waals surface area contributed by atoms with Crippen molar-refractivity contribution in [1.82, 2.24) is 10.2 Å². The van der Waals surface area contributed by atoms with E-state index in [4.69, 9.17) is 19.4 Å². The quantitative estimate of drug-likeness (QED) is 0.539. The van der Waals surface area contributed by atoms with E-state index < -0.39 is 18.2 Å². The summed E-state index contributed by atoms with van der Waals surface area (Å²) in [6, 6.07) is 11.4. The zero-order valence-electron chi connectivity index (χ0n) is 17.6. The Morgan fingerprint density at radius 2 is 1.73 bits per heavy atom. The summed E-state index contributed by atoms with van der Waals surface area (Å²) in [5.41, 5.74) is 4.82.